The minimum atomic E-state index is -4.56. The molecule has 8 nitrogen and oxygen atoms in total. The van der Waals surface area contributed by atoms with Crippen LogP contribution in [0.1, 0.15) is 290 Å². The zero-order chi connectivity index (χ0) is 49.2. The molecule has 0 heterocycles. The number of carbonyl (C=O) groups excluding carboxylic acids is 1. The van der Waals surface area contributed by atoms with Gasteiger partial charge in [0.15, 0.2) is 0 Å². The smallest absolute Gasteiger partial charge is 0.268 e. The minimum Gasteiger partial charge on any atom is -0.756 e. The molecule has 67 heavy (non-hydrogen) atoms. The fourth-order valence-corrected chi connectivity index (χ4v) is 9.56. The number of phosphoric ester groups is 1. The molecule has 0 aromatic rings. The van der Waals surface area contributed by atoms with Crippen molar-refractivity contribution in [3.05, 3.63) is 24.3 Å². The van der Waals surface area contributed by atoms with Crippen molar-refractivity contribution in [2.45, 2.75) is 302 Å². The molecule has 0 aliphatic heterocycles. The summed E-state index contributed by atoms with van der Waals surface area (Å²) in [6, 6.07) is -0.797. The van der Waals surface area contributed by atoms with Crippen molar-refractivity contribution in [2.24, 2.45) is 0 Å². The molecule has 9 heteroatoms. The number of hydrogen-bond acceptors (Lipinski definition) is 6. The highest BCUT2D eigenvalue weighted by Gasteiger charge is 2.24. The number of likely N-dealkylation sites (N-methyl/N-ethyl adjacent to an activating group) is 1. The number of nitrogens with one attached hydrogen (secondary N) is 1. The Morgan fingerprint density at radius 2 is 0.866 bits per heavy atom. The molecule has 0 radical (unpaired) electrons. The quantitative estimate of drug-likeness (QED) is 0.0272. The van der Waals surface area contributed by atoms with E-state index < -0.39 is 20.0 Å². The summed E-state index contributed by atoms with van der Waals surface area (Å²) in [4.78, 5) is 25.5. The maximum Gasteiger partial charge on any atom is 0.268 e. The van der Waals surface area contributed by atoms with Crippen molar-refractivity contribution < 1.29 is 32.9 Å². The number of unbranched alkanes of at least 4 members (excludes halogenated alkanes) is 37. The van der Waals surface area contributed by atoms with E-state index in [1.807, 2.05) is 21.1 Å². The van der Waals surface area contributed by atoms with E-state index in [9.17, 15) is 19.4 Å². The highest BCUT2D eigenvalue weighted by molar-refractivity contribution is 7.45. The molecule has 0 aromatic carbocycles. The molecule has 0 spiro atoms. The molecular weight excluding hydrogens is 852 g/mol. The topological polar surface area (TPSA) is 108 Å². The molecule has 0 rings (SSSR count). The van der Waals surface area contributed by atoms with Gasteiger partial charge in [0.05, 0.1) is 39.9 Å². The highest BCUT2D eigenvalue weighted by atomic mass is 31.2. The van der Waals surface area contributed by atoms with Gasteiger partial charge in [-0.2, -0.15) is 0 Å². The fraction of sp³-hybridized carbons (Fsp3) is 0.914. The first-order valence-electron chi connectivity index (χ1n) is 29.2. The van der Waals surface area contributed by atoms with Gasteiger partial charge in [-0.3, -0.25) is 9.36 Å². The van der Waals surface area contributed by atoms with Gasteiger partial charge >= 0.3 is 0 Å². The summed E-state index contributed by atoms with van der Waals surface area (Å²) in [6.07, 6.45) is 62.3. The first kappa shape index (κ1) is 66.0. The highest BCUT2D eigenvalue weighted by Crippen LogP contribution is 2.38. The lowest BCUT2D eigenvalue weighted by Gasteiger charge is -2.30. The van der Waals surface area contributed by atoms with E-state index in [0.29, 0.717) is 23.9 Å². The van der Waals surface area contributed by atoms with Crippen LogP contribution in [0.25, 0.3) is 0 Å². The van der Waals surface area contributed by atoms with Gasteiger partial charge < -0.3 is 28.8 Å². The van der Waals surface area contributed by atoms with Gasteiger partial charge in [0.1, 0.15) is 13.2 Å². The Morgan fingerprint density at radius 1 is 0.522 bits per heavy atom. The van der Waals surface area contributed by atoms with Crippen LogP contribution in [0.5, 0.6) is 0 Å². The molecule has 0 aromatic heterocycles. The van der Waals surface area contributed by atoms with Crippen LogP contribution in [0, 0.1) is 0 Å². The van der Waals surface area contributed by atoms with Crippen molar-refractivity contribution in [2.75, 3.05) is 40.9 Å². The second-order valence-electron chi connectivity index (χ2n) is 21.4. The molecule has 0 saturated carbocycles. The average molecular weight is 968 g/mol. The summed E-state index contributed by atoms with van der Waals surface area (Å²) in [6.45, 7) is 4.74. The Morgan fingerprint density at radius 3 is 1.24 bits per heavy atom. The van der Waals surface area contributed by atoms with Crippen LogP contribution < -0.4 is 10.2 Å². The van der Waals surface area contributed by atoms with Crippen LogP contribution in [0.2, 0.25) is 0 Å². The van der Waals surface area contributed by atoms with Crippen molar-refractivity contribution in [3.63, 3.8) is 0 Å². The van der Waals surface area contributed by atoms with Crippen LogP contribution >= 0.6 is 7.82 Å². The largest absolute Gasteiger partial charge is 0.756 e. The monoisotopic (exact) mass is 967 g/mol. The number of quaternary nitrogens is 1. The lowest BCUT2D eigenvalue weighted by Crippen LogP contribution is -2.46. The van der Waals surface area contributed by atoms with Gasteiger partial charge in [-0.25, -0.2) is 0 Å². The molecular formula is C58H115N2O6P. The zero-order valence-corrected chi connectivity index (χ0v) is 46.3. The SMILES string of the molecule is CCCCCCCCCCC/C=C\C/C=C\CCCCCCCCCCCCCCCCCCCC(=O)NC(COP(=O)([O-])OCC[N+](C)(C)C)C(O)CCCCCCCCCCCCCC. The van der Waals surface area contributed by atoms with Crippen LogP contribution in [0.15, 0.2) is 24.3 Å². The Kier molecular flexibility index (Phi) is 49.2. The third-order valence-electron chi connectivity index (χ3n) is 13.4. The third kappa shape index (κ3) is 52.6. The predicted molar refractivity (Wildman–Crippen MR) is 289 cm³/mol. The van der Waals surface area contributed by atoms with Gasteiger partial charge in [-0.15, -0.1) is 0 Å². The van der Waals surface area contributed by atoms with Crippen LogP contribution in [0.4, 0.5) is 0 Å². The summed E-state index contributed by atoms with van der Waals surface area (Å²) < 4.78 is 23.4. The minimum absolute atomic E-state index is 0.0141. The van der Waals surface area contributed by atoms with Gasteiger partial charge in [-0.05, 0) is 44.9 Å². The molecule has 0 aliphatic rings. The lowest BCUT2D eigenvalue weighted by atomic mass is 10.0. The van der Waals surface area contributed by atoms with Crippen LogP contribution in [-0.2, 0) is 18.4 Å². The number of aliphatic hydroxyl groups excluding tert-OH is 1. The lowest BCUT2D eigenvalue weighted by molar-refractivity contribution is -0.870. The number of aliphatic hydroxyl groups is 1. The number of phosphoric acid groups is 1. The zero-order valence-electron chi connectivity index (χ0n) is 45.4. The second-order valence-corrected chi connectivity index (χ2v) is 22.8. The summed E-state index contributed by atoms with van der Waals surface area (Å²) in [5, 5.41) is 14.0. The maximum absolute atomic E-state index is 12.9. The summed E-state index contributed by atoms with van der Waals surface area (Å²) in [5.41, 5.74) is 0. The van der Waals surface area contributed by atoms with Gasteiger partial charge in [0.25, 0.3) is 7.82 Å². The van der Waals surface area contributed by atoms with E-state index in [-0.39, 0.29) is 19.1 Å². The van der Waals surface area contributed by atoms with Crippen LogP contribution in [0.3, 0.4) is 0 Å². The van der Waals surface area contributed by atoms with Gasteiger partial charge in [0.2, 0.25) is 5.91 Å². The van der Waals surface area contributed by atoms with Crippen molar-refractivity contribution in [1.29, 1.82) is 0 Å². The number of hydrogen-bond donors (Lipinski definition) is 2. The molecule has 0 saturated heterocycles. The average Bonchev–Trinajstić information content (AvgIpc) is 3.29. The molecule has 398 valence electrons. The van der Waals surface area contributed by atoms with Gasteiger partial charge in [-0.1, -0.05) is 263 Å². The Balaban J connectivity index is 3.95. The molecule has 0 bridgehead atoms. The fourth-order valence-electron chi connectivity index (χ4n) is 8.84. The Labute approximate surface area is 417 Å². The first-order valence-corrected chi connectivity index (χ1v) is 30.6. The summed E-state index contributed by atoms with van der Waals surface area (Å²) in [5.74, 6) is -0.161. The second kappa shape index (κ2) is 49.9. The number of amides is 1. The molecule has 0 fully saturated rings. The predicted octanol–water partition coefficient (Wildman–Crippen LogP) is 17.0. The number of carbonyl (C=O) groups is 1. The Bertz CT molecular complexity index is 1140. The maximum atomic E-state index is 12.9. The molecule has 0 aliphatic carbocycles. The van der Waals surface area contributed by atoms with E-state index in [4.69, 9.17) is 9.05 Å². The normalized spacial score (nSPS) is 14.1. The molecule has 2 N–H and O–H groups in total. The van der Waals surface area contributed by atoms with Crippen molar-refractivity contribution in [1.82, 2.24) is 5.32 Å². The van der Waals surface area contributed by atoms with Crippen LogP contribution in [-0.4, -0.2) is 68.5 Å². The summed E-state index contributed by atoms with van der Waals surface area (Å²) in [7, 11) is 1.31. The Hall–Kier alpha value is -1.02. The third-order valence-corrected chi connectivity index (χ3v) is 14.4. The van der Waals surface area contributed by atoms with E-state index in [1.165, 1.54) is 218 Å². The number of nitrogens with zero attached hydrogens (tertiary/aromatic N) is 1. The van der Waals surface area contributed by atoms with Crippen molar-refractivity contribution in [3.8, 4) is 0 Å². The van der Waals surface area contributed by atoms with E-state index in [2.05, 4.69) is 43.5 Å². The number of rotatable bonds is 54. The molecule has 1 amide bonds. The molecule has 3 unspecified atom stereocenters. The van der Waals surface area contributed by atoms with E-state index in [1.54, 1.807) is 0 Å². The van der Waals surface area contributed by atoms with Gasteiger partial charge in [0, 0.05) is 6.42 Å². The van der Waals surface area contributed by atoms with E-state index in [0.717, 1.165) is 44.9 Å². The summed E-state index contributed by atoms with van der Waals surface area (Å²) >= 11 is 0. The van der Waals surface area contributed by atoms with Crippen molar-refractivity contribution >= 4 is 13.7 Å². The standard InChI is InChI=1S/C58H115N2O6P/c1-6-8-10-12-14-16-18-20-21-22-23-24-25-26-27-28-29-30-31-32-33-34-35-36-37-38-39-40-42-44-46-48-50-52-58(62)59-56(55-66-67(63,64)65-54-53-60(3,4)5)57(61)51-49-47-45-43-41-19-17-15-13-11-9-7-2/h23-24,26-27,56-57,61H,6-22,25,28-55H2,1-5H3,(H-,59,62,63,64)/b24-23-,27-26-. The molecule has 3 atom stereocenters. The number of allylic oxidation sites excluding steroid dienone is 4. The van der Waals surface area contributed by atoms with E-state index >= 15 is 0 Å². The first-order chi connectivity index (χ1) is 32.5.